The number of pyridine rings is 1. The molecule has 7 nitrogen and oxygen atoms in total. The van der Waals surface area contributed by atoms with Gasteiger partial charge >= 0.3 is 0 Å². The third kappa shape index (κ3) is 4.59. The molecule has 1 saturated carbocycles. The molecule has 0 unspecified atom stereocenters. The lowest BCUT2D eigenvalue weighted by atomic mass is 9.84. The van der Waals surface area contributed by atoms with Gasteiger partial charge in [0.25, 0.3) is 6.43 Å². The Morgan fingerprint density at radius 2 is 2.06 bits per heavy atom. The Morgan fingerprint density at radius 3 is 2.85 bits per heavy atom. The number of nitrogens with one attached hydrogen (secondary N) is 1. The zero-order valence-corrected chi connectivity index (χ0v) is 18.2. The first-order chi connectivity index (χ1) is 15.9. The highest BCUT2D eigenvalue weighted by Gasteiger charge is 2.29. The van der Waals surface area contributed by atoms with E-state index in [0.717, 1.165) is 34.9 Å². The molecule has 2 N–H and O–H groups in total. The highest BCUT2D eigenvalue weighted by Crippen LogP contribution is 2.34. The number of rotatable bonds is 6. The molecule has 4 aromatic rings. The van der Waals surface area contributed by atoms with Crippen LogP contribution in [0.4, 0.5) is 14.7 Å². The Bertz CT molecular complexity index is 1280. The van der Waals surface area contributed by atoms with Crippen LogP contribution in [0, 0.1) is 0 Å². The van der Waals surface area contributed by atoms with Crippen molar-refractivity contribution in [2.75, 3.05) is 11.9 Å². The fourth-order valence-electron chi connectivity index (χ4n) is 4.34. The summed E-state index contributed by atoms with van der Waals surface area (Å²) in [6.45, 7) is 1.08. The molecule has 3 heterocycles. The third-order valence-corrected chi connectivity index (χ3v) is 6.14. The van der Waals surface area contributed by atoms with E-state index in [1.807, 2.05) is 43.3 Å². The molecule has 172 valence electrons. The second-order valence-electron chi connectivity index (χ2n) is 8.79. The van der Waals surface area contributed by atoms with Gasteiger partial charge in [-0.25, -0.2) is 13.3 Å². The average molecular weight is 453 g/mol. The molecule has 0 saturated heterocycles. The van der Waals surface area contributed by atoms with Crippen LogP contribution >= 0.6 is 0 Å². The number of alkyl halides is 2. The molecule has 0 aliphatic heterocycles. The number of fused-ring (bicyclic) bond motifs is 2. The minimum Gasteiger partial charge on any atom is -0.470 e. The standard InChI is InChI=1S/C24H25F2N5O2/c1-24(32)9-6-17(7-10-24)28-23-29-22(33-14-20(25)26)21-18(8-12-31(21)30-23)15-4-5-19-16(13-15)3-2-11-27-19/h2-5,8,11-13,17,20,32H,6-7,9-10,14H2,1H3,(H,28,30). The van der Waals surface area contributed by atoms with Crippen molar-refractivity contribution in [2.45, 2.75) is 50.7 Å². The number of hydrogen-bond donors (Lipinski definition) is 2. The van der Waals surface area contributed by atoms with Gasteiger partial charge in [0, 0.05) is 29.4 Å². The lowest BCUT2D eigenvalue weighted by Crippen LogP contribution is -2.36. The fourth-order valence-corrected chi connectivity index (χ4v) is 4.34. The summed E-state index contributed by atoms with van der Waals surface area (Å²) in [5, 5.41) is 19.0. The summed E-state index contributed by atoms with van der Waals surface area (Å²) < 4.78 is 33.0. The second-order valence-corrected chi connectivity index (χ2v) is 8.79. The van der Waals surface area contributed by atoms with Gasteiger partial charge < -0.3 is 15.2 Å². The maximum Gasteiger partial charge on any atom is 0.272 e. The minimum absolute atomic E-state index is 0.0913. The lowest BCUT2D eigenvalue weighted by molar-refractivity contribution is 0.0195. The molecule has 3 aromatic heterocycles. The molecule has 1 fully saturated rings. The van der Waals surface area contributed by atoms with Gasteiger partial charge in [-0.15, -0.1) is 5.10 Å². The molecule has 0 atom stereocenters. The van der Waals surface area contributed by atoms with Gasteiger partial charge in [-0.3, -0.25) is 4.98 Å². The van der Waals surface area contributed by atoms with E-state index in [1.165, 1.54) is 0 Å². The van der Waals surface area contributed by atoms with Crippen LogP contribution in [0.5, 0.6) is 5.88 Å². The Morgan fingerprint density at radius 1 is 1.24 bits per heavy atom. The van der Waals surface area contributed by atoms with Crippen LogP contribution < -0.4 is 10.1 Å². The second kappa shape index (κ2) is 8.55. The highest BCUT2D eigenvalue weighted by molar-refractivity contribution is 5.90. The number of nitrogens with zero attached hydrogens (tertiary/aromatic N) is 4. The number of aliphatic hydroxyl groups is 1. The van der Waals surface area contributed by atoms with Gasteiger partial charge in [-0.1, -0.05) is 12.1 Å². The molecule has 1 aliphatic carbocycles. The molecule has 0 radical (unpaired) electrons. The van der Waals surface area contributed by atoms with Crippen molar-refractivity contribution in [3.63, 3.8) is 0 Å². The van der Waals surface area contributed by atoms with Crippen molar-refractivity contribution >= 4 is 22.4 Å². The zero-order valence-electron chi connectivity index (χ0n) is 18.2. The van der Waals surface area contributed by atoms with Crippen LogP contribution in [-0.4, -0.2) is 49.4 Å². The predicted molar refractivity (Wildman–Crippen MR) is 122 cm³/mol. The van der Waals surface area contributed by atoms with E-state index in [-0.39, 0.29) is 11.9 Å². The van der Waals surface area contributed by atoms with E-state index < -0.39 is 18.6 Å². The third-order valence-electron chi connectivity index (χ3n) is 6.14. The van der Waals surface area contributed by atoms with Gasteiger partial charge in [-0.2, -0.15) is 4.98 Å². The normalized spacial score (nSPS) is 21.1. The highest BCUT2D eigenvalue weighted by atomic mass is 19.3. The maximum absolute atomic E-state index is 13.0. The summed E-state index contributed by atoms with van der Waals surface area (Å²) in [5.41, 5.74) is 2.41. The minimum atomic E-state index is -2.62. The summed E-state index contributed by atoms with van der Waals surface area (Å²) in [6.07, 6.45) is 3.77. The summed E-state index contributed by atoms with van der Waals surface area (Å²) in [4.78, 5) is 8.80. The van der Waals surface area contributed by atoms with Crippen LogP contribution in [0.15, 0.2) is 48.8 Å². The van der Waals surface area contributed by atoms with Crippen LogP contribution in [0.25, 0.3) is 27.5 Å². The van der Waals surface area contributed by atoms with Crippen molar-refractivity contribution < 1.29 is 18.6 Å². The Kier molecular flexibility index (Phi) is 5.57. The van der Waals surface area contributed by atoms with Gasteiger partial charge in [0.05, 0.1) is 11.1 Å². The van der Waals surface area contributed by atoms with Crippen LogP contribution in [-0.2, 0) is 0 Å². The molecule has 1 aromatic carbocycles. The quantitative estimate of drug-likeness (QED) is 0.441. The summed E-state index contributed by atoms with van der Waals surface area (Å²) in [7, 11) is 0. The molecular formula is C24H25F2N5O2. The van der Waals surface area contributed by atoms with Crippen molar-refractivity contribution in [3.8, 4) is 17.0 Å². The summed E-state index contributed by atoms with van der Waals surface area (Å²) in [6, 6.07) is 11.6. The first-order valence-electron chi connectivity index (χ1n) is 11.0. The monoisotopic (exact) mass is 453 g/mol. The fraction of sp³-hybridized carbons (Fsp3) is 0.375. The van der Waals surface area contributed by atoms with E-state index in [1.54, 1.807) is 16.9 Å². The molecule has 1 aliphatic rings. The topological polar surface area (TPSA) is 84.6 Å². The van der Waals surface area contributed by atoms with Crippen molar-refractivity contribution in [1.82, 2.24) is 19.6 Å². The Labute approximate surface area is 189 Å². The number of ether oxygens (including phenoxy) is 1. The number of hydrogen-bond acceptors (Lipinski definition) is 6. The first-order valence-corrected chi connectivity index (χ1v) is 11.0. The number of halogens is 2. The number of aromatic nitrogens is 4. The van der Waals surface area contributed by atoms with Crippen LogP contribution in [0.1, 0.15) is 32.6 Å². The largest absolute Gasteiger partial charge is 0.470 e. The van der Waals surface area contributed by atoms with E-state index in [9.17, 15) is 13.9 Å². The average Bonchev–Trinajstić information content (AvgIpc) is 3.23. The molecule has 0 bridgehead atoms. The van der Waals surface area contributed by atoms with E-state index in [4.69, 9.17) is 4.74 Å². The molecule has 33 heavy (non-hydrogen) atoms. The molecule has 5 rings (SSSR count). The van der Waals surface area contributed by atoms with E-state index in [0.29, 0.717) is 24.3 Å². The van der Waals surface area contributed by atoms with Crippen LogP contribution in [0.2, 0.25) is 0 Å². The van der Waals surface area contributed by atoms with Crippen molar-refractivity contribution in [2.24, 2.45) is 0 Å². The van der Waals surface area contributed by atoms with Gasteiger partial charge in [0.15, 0.2) is 6.61 Å². The zero-order chi connectivity index (χ0) is 23.0. The Hall–Kier alpha value is -3.33. The maximum atomic E-state index is 13.0. The van der Waals surface area contributed by atoms with Crippen molar-refractivity contribution in [3.05, 3.63) is 48.8 Å². The molecule has 9 heteroatoms. The number of anilines is 1. The van der Waals surface area contributed by atoms with Gasteiger partial charge in [0.1, 0.15) is 5.52 Å². The molecule has 0 spiro atoms. The smallest absolute Gasteiger partial charge is 0.272 e. The molecular weight excluding hydrogens is 428 g/mol. The predicted octanol–water partition coefficient (Wildman–Crippen LogP) is 4.69. The first kappa shape index (κ1) is 21.5. The van der Waals surface area contributed by atoms with E-state index in [2.05, 4.69) is 20.4 Å². The number of benzene rings is 1. The molecule has 0 amide bonds. The van der Waals surface area contributed by atoms with Gasteiger partial charge in [-0.05, 0) is 62.4 Å². The lowest BCUT2D eigenvalue weighted by Gasteiger charge is -2.33. The van der Waals surface area contributed by atoms with Gasteiger partial charge in [0.2, 0.25) is 11.8 Å². The van der Waals surface area contributed by atoms with Crippen molar-refractivity contribution in [1.29, 1.82) is 0 Å². The Balaban J connectivity index is 1.52. The van der Waals surface area contributed by atoms with Crippen LogP contribution in [0.3, 0.4) is 0 Å². The SMILES string of the molecule is CC1(O)CCC(Nc2nc(OCC(F)F)c3c(-c4ccc5ncccc5c4)ccn3n2)CC1. The summed E-state index contributed by atoms with van der Waals surface area (Å²) in [5.74, 6) is 0.407. The summed E-state index contributed by atoms with van der Waals surface area (Å²) >= 11 is 0. The van der Waals surface area contributed by atoms with E-state index >= 15 is 0 Å².